The number of fused-ring (bicyclic) bond motifs is 6. The Hall–Kier alpha value is -6.29. The van der Waals surface area contributed by atoms with E-state index in [1.807, 2.05) is 231 Å². The second-order valence-corrected chi connectivity index (χ2v) is 48.3. The number of nitrogen functional groups attached to an aromatic ring is 1. The number of alkyl halides is 2. The number of amides is 2. The van der Waals surface area contributed by atoms with E-state index in [9.17, 15) is 14.4 Å². The molecule has 766 valence electrons. The third-order valence-corrected chi connectivity index (χ3v) is 22.8. The molecule has 5 aromatic heterocycles. The summed E-state index contributed by atoms with van der Waals surface area (Å²) in [5, 5.41) is 20.1. The number of aryl methyl sites for hydroxylation is 1. The van der Waals surface area contributed by atoms with Crippen LogP contribution in [0, 0.1) is 0 Å². The maximum Gasteiger partial charge on any atom is 0.221 e. The van der Waals surface area contributed by atoms with Crippen LogP contribution in [-0.4, -0.2) is 113 Å². The third kappa shape index (κ3) is 41.5. The topological polar surface area (TPSA) is 209 Å². The summed E-state index contributed by atoms with van der Waals surface area (Å²) in [6, 6.07) is 96.1. The smallest absolute Gasteiger partial charge is 0.221 e. The molecule has 0 aliphatic heterocycles. The SMILES string of the molecule is C.C.C.CCN(CC)c1ccc2nc3ccc(N)cc3[n+](-c3ccccc3)c2c1.CCN(CC)c1ccc2nc3ccc(NC(=O)CCCBr)cc3[n+](-c3ccccc3)c2c1.CCN(CC)c1ccc2nc3ccc(NC(=O)CCC[n+]4ccc(/C=N/N(C)c5ccccc5)cc4)cc3[n+](-c3ccccc3)c2c1.CN(/N=C/c1ccncc1)c1ccccc1.I.II.II.I[I-]I.O=C(Cl)CCCBr.[Br-].[Cl-].[Cl-].[Cl-]. The molecule has 21 nitrogen and oxygen atoms in total. The van der Waals surface area contributed by atoms with Crippen molar-refractivity contribution in [3.63, 3.8) is 0 Å². The molecule has 0 aliphatic carbocycles. The summed E-state index contributed by atoms with van der Waals surface area (Å²) in [5.74, 6) is 0.00844. The maximum absolute atomic E-state index is 13.0. The summed E-state index contributed by atoms with van der Waals surface area (Å²) in [5.41, 5.74) is 30.8. The molecule has 0 saturated heterocycles. The van der Waals surface area contributed by atoms with E-state index in [0.717, 1.165) is 204 Å². The number of nitrogens with zero attached hydrogens (tertiary/aromatic N) is 15. The average Bonchev–Trinajstić information content (AvgIpc) is 0.763. The number of nitrogens with one attached hydrogen (secondary N) is 2. The molecule has 0 saturated carbocycles. The molecule has 143 heavy (non-hydrogen) atoms. The van der Waals surface area contributed by atoms with Gasteiger partial charge in [0.1, 0.15) is 39.6 Å². The van der Waals surface area contributed by atoms with E-state index in [2.05, 4.69) is 347 Å². The van der Waals surface area contributed by atoms with Gasteiger partial charge in [0.15, 0.2) is 12.4 Å². The normalized spacial score (nSPS) is 10.1. The Kier molecular flexibility index (Phi) is 70.3. The quantitative estimate of drug-likeness (QED) is 0.00560. The second kappa shape index (κ2) is 74.6. The molecule has 2 amide bonds. The number of para-hydroxylation sites is 5. The zero-order valence-corrected chi connectivity index (χ0v) is 104. The van der Waals surface area contributed by atoms with Crippen molar-refractivity contribution in [2.75, 3.05) is 105 Å². The monoisotopic (exact) mass is 3100 g/mol. The Morgan fingerprint density at radius 3 is 1.01 bits per heavy atom. The summed E-state index contributed by atoms with van der Waals surface area (Å²) in [7, 11) is 3.85. The van der Waals surface area contributed by atoms with Crippen LogP contribution in [-0.2, 0) is 20.9 Å². The van der Waals surface area contributed by atoms with Crippen LogP contribution in [0.25, 0.3) is 83.3 Å². The molecule has 0 spiro atoms. The minimum atomic E-state index is -0.251. The fourth-order valence-electron chi connectivity index (χ4n) is 14.8. The molecule has 11 aromatic carbocycles. The number of anilines is 8. The van der Waals surface area contributed by atoms with E-state index in [1.165, 1.54) is 11.4 Å². The molecule has 36 heteroatoms. The number of rotatable bonds is 30. The summed E-state index contributed by atoms with van der Waals surface area (Å²) >= 11 is 25.3. The van der Waals surface area contributed by atoms with Gasteiger partial charge in [-0.25, -0.2) is 19.5 Å². The Balaban J connectivity index is 0.000000938. The number of halogens is 15. The summed E-state index contributed by atoms with van der Waals surface area (Å²) < 4.78 is 8.82. The number of aromatic nitrogens is 8. The van der Waals surface area contributed by atoms with Crippen molar-refractivity contribution in [3.8, 4) is 17.1 Å². The number of nitrogens with two attached hydrogens (primary N) is 1. The average molecular weight is 3110 g/mol. The third-order valence-electron chi connectivity index (χ3n) is 21.5. The minimum Gasteiger partial charge on any atom is -1.00 e. The van der Waals surface area contributed by atoms with Gasteiger partial charge in [0.2, 0.25) is 67.2 Å². The Bertz CT molecular complexity index is 6470. The molecule has 0 bridgehead atoms. The van der Waals surface area contributed by atoms with Gasteiger partial charge in [0, 0.05) is 301 Å². The van der Waals surface area contributed by atoms with Crippen molar-refractivity contribution in [3.05, 3.63) is 321 Å². The number of hydrogen-bond donors (Lipinski definition) is 3. The van der Waals surface area contributed by atoms with Crippen molar-refractivity contribution in [2.24, 2.45) is 10.2 Å². The molecule has 16 rings (SSSR count). The van der Waals surface area contributed by atoms with Crippen molar-refractivity contribution in [1.29, 1.82) is 0 Å². The van der Waals surface area contributed by atoms with E-state index in [0.29, 0.717) is 32.5 Å². The molecular weight excluding hydrogens is 2980 g/mol. The van der Waals surface area contributed by atoms with Crippen LogP contribution in [0.4, 0.5) is 45.5 Å². The van der Waals surface area contributed by atoms with E-state index in [4.69, 9.17) is 32.3 Å². The van der Waals surface area contributed by atoms with Crippen molar-refractivity contribution in [1.82, 2.24) is 19.9 Å². The first-order chi connectivity index (χ1) is 65.9. The van der Waals surface area contributed by atoms with Gasteiger partial charge in [-0.05, 0) is 181 Å². The van der Waals surface area contributed by atoms with Gasteiger partial charge in [-0.3, -0.25) is 29.4 Å². The van der Waals surface area contributed by atoms with E-state index >= 15 is 0 Å². The number of hydrazone groups is 2. The van der Waals surface area contributed by atoms with Gasteiger partial charge >= 0.3 is 50.5 Å². The standard InChI is InChI=1S/C39H40N7O.C26H27BrN4O.C22H22N4.C13H13N3.C4H6BrClO.3CH4.BrH.3ClH.I3.2I2.HI/c1-4-45(5-2)34-19-21-36-38(28-34)46(33-15-10-7-11-16-33)37-27-31(18-20-35(37)42-36)41-39(47)17-12-24-44-25-22-30(23-26-44)29-40-43(3)32-13-8-6-9-14-32;1-3-30(4-2)21-13-15-23-25(18-21)31(20-9-6-5-7-10-20)24-17-19(12-14-22(24)29-23)28-26(32)11-8-16-27;1-3-25(4-2)18-11-13-20-22(15-18)26(17-8-6-5-7-9-17)21-14-16(23)10-12-19(21)24-20;1-16(13-5-3-2-4-6-13)15-11-12-7-9-14-10-8-12;5-3-1-2-4(6)7;;;;;;;;1-3-2;2*1-2;/h6-11,13-16,18-23,25-29H,4-5,12,17,24H2,1-3H3;5-7,9-10,12-15,17-18H,3-4,8,11,16H2,1-2H3;5-15,23H,3-4H2,1-2H3;2-11H,1H3;1-3H2;3*1H4;4*1H;;;;1H/q+1;;;;;;;;;;;;-1;;;/p-1/b;;;15-11+;;;;;;;;;;;;. The van der Waals surface area contributed by atoms with Gasteiger partial charge in [0.25, 0.3) is 0 Å². The van der Waals surface area contributed by atoms with E-state index in [-0.39, 0.29) is 118 Å². The number of hydrogen-bond acceptors (Lipinski definition) is 15. The largest absolute Gasteiger partial charge is 1.00 e. The van der Waals surface area contributed by atoms with Gasteiger partial charge in [0.05, 0.1) is 23.8 Å². The molecular formula is C107H124Br3Cl4I8N18O3-. The van der Waals surface area contributed by atoms with Gasteiger partial charge in [-0.2, -0.15) is 10.2 Å². The first-order valence-corrected chi connectivity index (χ1v) is 71.8. The second-order valence-electron chi connectivity index (χ2n) is 30.1. The van der Waals surface area contributed by atoms with Crippen LogP contribution >= 0.6 is 179 Å². The van der Waals surface area contributed by atoms with Crippen molar-refractivity contribution < 1.29 is 100 Å². The van der Waals surface area contributed by atoms with E-state index in [1.54, 1.807) is 12.4 Å². The van der Waals surface area contributed by atoms with Crippen LogP contribution in [0.2, 0.25) is 0 Å². The van der Waals surface area contributed by atoms with Crippen LogP contribution in [0.1, 0.15) is 113 Å². The Morgan fingerprint density at radius 1 is 0.406 bits per heavy atom. The van der Waals surface area contributed by atoms with Crippen molar-refractivity contribution >= 4 is 320 Å². The minimum absolute atomic E-state index is 0. The molecule has 0 unspecified atom stereocenters. The van der Waals surface area contributed by atoms with Crippen LogP contribution in [0.3, 0.4) is 0 Å². The van der Waals surface area contributed by atoms with Gasteiger partial charge in [-0.15, -0.1) is 37.7 Å². The first kappa shape index (κ1) is 135. The number of pyridine rings is 2. The molecule has 0 atom stereocenters. The van der Waals surface area contributed by atoms with Crippen LogP contribution < -0.4 is 127 Å². The zero-order chi connectivity index (χ0) is 96.8. The molecule has 16 aromatic rings. The molecule has 5 heterocycles. The summed E-state index contributed by atoms with van der Waals surface area (Å²) in [6.07, 6.45) is 15.0. The number of benzene rings is 11. The summed E-state index contributed by atoms with van der Waals surface area (Å²) in [4.78, 5) is 61.0. The number of carbonyl (C=O) groups is 3. The molecule has 0 aliphatic rings. The molecule has 4 N–H and O–H groups in total. The predicted octanol–water partition coefficient (Wildman–Crippen LogP) is 13.7. The summed E-state index contributed by atoms with van der Waals surface area (Å²) in [6.45, 7) is 19.5. The Morgan fingerprint density at radius 2 is 0.692 bits per heavy atom. The first-order valence-electron chi connectivity index (χ1n) is 44.1. The fourth-order valence-corrected chi connectivity index (χ4v) is 15.5. The van der Waals surface area contributed by atoms with E-state index < -0.39 is 0 Å². The predicted molar refractivity (Wildman–Crippen MR) is 656 cm³/mol. The maximum atomic E-state index is 13.0. The molecule has 0 radical (unpaired) electrons. The number of carbonyl (C=O) groups excluding carboxylic acids is 3. The van der Waals surface area contributed by atoms with Crippen LogP contribution in [0.15, 0.2) is 320 Å². The fraction of sp³-hybridized carbons (Fsp3) is 0.243. The van der Waals surface area contributed by atoms with Gasteiger partial charge in [-0.1, -0.05) is 145 Å². The van der Waals surface area contributed by atoms with Crippen molar-refractivity contribution in [2.45, 2.75) is 109 Å². The van der Waals surface area contributed by atoms with Gasteiger partial charge < -0.3 is 85.3 Å². The van der Waals surface area contributed by atoms with Crippen LogP contribution in [0.5, 0.6) is 0 Å². The zero-order valence-electron chi connectivity index (χ0n) is 78.4. The Labute approximate surface area is 989 Å². The molecule has 0 fully saturated rings.